The summed E-state index contributed by atoms with van der Waals surface area (Å²) in [5.41, 5.74) is -0.409. The average Bonchev–Trinajstić information content (AvgIpc) is 3.27. The molecular weight excluding hydrogens is 290 g/mol. The Balaban J connectivity index is 1.63. The molecule has 0 radical (unpaired) electrons. The summed E-state index contributed by atoms with van der Waals surface area (Å²) in [4.78, 5) is 16.7. The van der Waals surface area contributed by atoms with Crippen LogP contribution in [0.3, 0.4) is 0 Å². The van der Waals surface area contributed by atoms with Crippen LogP contribution in [0.15, 0.2) is 0 Å². The van der Waals surface area contributed by atoms with E-state index in [-0.39, 0.29) is 6.09 Å². The summed E-state index contributed by atoms with van der Waals surface area (Å²) in [6, 6.07) is 1.09. The van der Waals surface area contributed by atoms with Crippen LogP contribution < -0.4 is 5.32 Å². The van der Waals surface area contributed by atoms with Crippen LogP contribution in [0.4, 0.5) is 4.79 Å². The fourth-order valence-corrected chi connectivity index (χ4v) is 3.17. The highest BCUT2D eigenvalue weighted by Crippen LogP contribution is 2.28. The van der Waals surface area contributed by atoms with Gasteiger partial charge in [-0.2, -0.15) is 0 Å². The van der Waals surface area contributed by atoms with Gasteiger partial charge in [0, 0.05) is 25.2 Å². The molecule has 1 aliphatic carbocycles. The van der Waals surface area contributed by atoms with E-state index >= 15 is 0 Å². The Labute approximate surface area is 141 Å². The van der Waals surface area contributed by atoms with Crippen molar-refractivity contribution in [3.05, 3.63) is 0 Å². The molecule has 1 saturated carbocycles. The lowest BCUT2D eigenvalue weighted by Crippen LogP contribution is -2.44. The predicted molar refractivity (Wildman–Crippen MR) is 93.7 cm³/mol. The van der Waals surface area contributed by atoms with Crippen molar-refractivity contribution in [1.29, 1.82) is 0 Å². The van der Waals surface area contributed by atoms with Gasteiger partial charge < -0.3 is 19.9 Å². The van der Waals surface area contributed by atoms with Gasteiger partial charge in [-0.25, -0.2) is 4.79 Å². The van der Waals surface area contributed by atoms with Gasteiger partial charge in [-0.1, -0.05) is 6.42 Å². The highest BCUT2D eigenvalue weighted by atomic mass is 16.6. The van der Waals surface area contributed by atoms with Crippen LogP contribution in [0.25, 0.3) is 0 Å². The number of likely N-dealkylation sites (N-methyl/N-ethyl adjacent to an activating group) is 1. The van der Waals surface area contributed by atoms with Crippen LogP contribution >= 0.6 is 0 Å². The van der Waals surface area contributed by atoms with E-state index in [0.717, 1.165) is 38.9 Å². The molecule has 5 heteroatoms. The molecule has 0 spiro atoms. The van der Waals surface area contributed by atoms with E-state index in [1.807, 2.05) is 25.7 Å². The number of hydrogen-bond donors (Lipinski definition) is 1. The normalized spacial score (nSPS) is 22.9. The van der Waals surface area contributed by atoms with E-state index in [2.05, 4.69) is 17.3 Å². The molecule has 2 rings (SSSR count). The van der Waals surface area contributed by atoms with Gasteiger partial charge >= 0.3 is 6.09 Å². The maximum atomic E-state index is 12.3. The molecule has 1 amide bonds. The molecule has 2 aliphatic rings. The highest BCUT2D eigenvalue weighted by Gasteiger charge is 2.34. The summed E-state index contributed by atoms with van der Waals surface area (Å²) in [5.74, 6) is 0. The molecule has 1 atom stereocenters. The number of nitrogens with zero attached hydrogens (tertiary/aromatic N) is 2. The SMILES string of the molecule is CN1CCCCC1CNCCCN(C(=O)OC(C)(C)C)C1CC1. The number of likely N-dealkylation sites (tertiary alicyclic amines) is 1. The maximum Gasteiger partial charge on any atom is 0.410 e. The number of amides is 1. The van der Waals surface area contributed by atoms with Gasteiger partial charge in [0.15, 0.2) is 0 Å². The topological polar surface area (TPSA) is 44.8 Å². The van der Waals surface area contributed by atoms with Crippen molar-refractivity contribution in [1.82, 2.24) is 15.1 Å². The maximum absolute atomic E-state index is 12.3. The second kappa shape index (κ2) is 8.34. The van der Waals surface area contributed by atoms with Gasteiger partial charge in [0.25, 0.3) is 0 Å². The highest BCUT2D eigenvalue weighted by molar-refractivity contribution is 5.69. The number of carbonyl (C=O) groups is 1. The molecule has 134 valence electrons. The van der Waals surface area contributed by atoms with Crippen molar-refractivity contribution in [2.24, 2.45) is 0 Å². The minimum Gasteiger partial charge on any atom is -0.444 e. The Morgan fingerprint density at radius 3 is 2.61 bits per heavy atom. The molecule has 1 saturated heterocycles. The third-order valence-corrected chi connectivity index (χ3v) is 4.67. The molecule has 0 aromatic heterocycles. The van der Waals surface area contributed by atoms with Crippen molar-refractivity contribution >= 4 is 6.09 Å². The Bertz CT molecular complexity index is 377. The van der Waals surface area contributed by atoms with Gasteiger partial charge in [-0.15, -0.1) is 0 Å². The zero-order valence-corrected chi connectivity index (χ0v) is 15.4. The van der Waals surface area contributed by atoms with Gasteiger partial charge in [0.2, 0.25) is 0 Å². The van der Waals surface area contributed by atoms with Crippen LogP contribution in [0.5, 0.6) is 0 Å². The Hall–Kier alpha value is -0.810. The molecule has 23 heavy (non-hydrogen) atoms. The standard InChI is InChI=1S/C18H35N3O2/c1-18(2,3)23-17(22)21(15-9-10-15)13-7-11-19-14-16-8-5-6-12-20(16)4/h15-16,19H,5-14H2,1-4H3. The van der Waals surface area contributed by atoms with E-state index in [9.17, 15) is 4.79 Å². The Morgan fingerprint density at radius 2 is 2.00 bits per heavy atom. The van der Waals surface area contributed by atoms with E-state index < -0.39 is 5.60 Å². The van der Waals surface area contributed by atoms with Crippen molar-refractivity contribution in [3.63, 3.8) is 0 Å². The fourth-order valence-electron chi connectivity index (χ4n) is 3.17. The summed E-state index contributed by atoms with van der Waals surface area (Å²) < 4.78 is 5.53. The minimum absolute atomic E-state index is 0.146. The number of hydrogen-bond acceptors (Lipinski definition) is 4. The van der Waals surface area contributed by atoms with Gasteiger partial charge in [-0.3, -0.25) is 0 Å². The van der Waals surface area contributed by atoms with E-state index in [1.54, 1.807) is 0 Å². The zero-order valence-electron chi connectivity index (χ0n) is 15.4. The van der Waals surface area contributed by atoms with Crippen molar-refractivity contribution < 1.29 is 9.53 Å². The summed E-state index contributed by atoms with van der Waals surface area (Å²) >= 11 is 0. The molecular formula is C18H35N3O2. The van der Waals surface area contributed by atoms with Crippen LogP contribution in [0, 0.1) is 0 Å². The first-order chi connectivity index (χ1) is 10.9. The van der Waals surface area contributed by atoms with E-state index in [0.29, 0.717) is 12.1 Å². The second-order valence-electron chi connectivity index (χ2n) is 8.09. The zero-order chi connectivity index (χ0) is 16.9. The molecule has 0 aromatic rings. The minimum atomic E-state index is -0.409. The molecule has 5 nitrogen and oxygen atoms in total. The molecule has 1 N–H and O–H groups in total. The van der Waals surface area contributed by atoms with Gasteiger partial charge in [-0.05, 0) is 73.0 Å². The summed E-state index contributed by atoms with van der Waals surface area (Å²) in [6.45, 7) is 9.84. The summed E-state index contributed by atoms with van der Waals surface area (Å²) in [5, 5.41) is 3.57. The fraction of sp³-hybridized carbons (Fsp3) is 0.944. The van der Waals surface area contributed by atoms with Crippen LogP contribution in [-0.4, -0.2) is 66.8 Å². The number of nitrogens with one attached hydrogen (secondary N) is 1. The van der Waals surface area contributed by atoms with Crippen LogP contribution in [0.1, 0.15) is 59.3 Å². The van der Waals surface area contributed by atoms with Crippen molar-refractivity contribution in [2.75, 3.05) is 33.2 Å². The number of ether oxygens (including phenoxy) is 1. The number of rotatable bonds is 7. The van der Waals surface area contributed by atoms with Crippen molar-refractivity contribution in [2.45, 2.75) is 77.0 Å². The lowest BCUT2D eigenvalue weighted by molar-refractivity contribution is 0.0231. The monoisotopic (exact) mass is 325 g/mol. The molecule has 1 unspecified atom stereocenters. The lowest BCUT2D eigenvalue weighted by Gasteiger charge is -2.32. The molecule has 1 aliphatic heterocycles. The first-order valence-corrected chi connectivity index (χ1v) is 9.27. The third kappa shape index (κ3) is 6.68. The summed E-state index contributed by atoms with van der Waals surface area (Å²) in [7, 11) is 2.23. The second-order valence-corrected chi connectivity index (χ2v) is 8.09. The first kappa shape index (κ1) is 18.5. The Morgan fingerprint density at radius 1 is 1.26 bits per heavy atom. The number of piperidine rings is 1. The van der Waals surface area contributed by atoms with E-state index in [4.69, 9.17) is 4.74 Å². The molecule has 0 aromatic carbocycles. The predicted octanol–water partition coefficient (Wildman–Crippen LogP) is 2.85. The summed E-state index contributed by atoms with van der Waals surface area (Å²) in [6.07, 6.45) is 7.08. The lowest BCUT2D eigenvalue weighted by atomic mass is 10.0. The average molecular weight is 325 g/mol. The van der Waals surface area contributed by atoms with Gasteiger partial charge in [0.1, 0.15) is 5.60 Å². The number of carbonyl (C=O) groups excluding carboxylic acids is 1. The molecule has 0 bridgehead atoms. The van der Waals surface area contributed by atoms with Crippen molar-refractivity contribution in [3.8, 4) is 0 Å². The van der Waals surface area contributed by atoms with Crippen LogP contribution in [0.2, 0.25) is 0 Å². The molecule has 1 heterocycles. The van der Waals surface area contributed by atoms with Crippen LogP contribution in [-0.2, 0) is 4.74 Å². The third-order valence-electron chi connectivity index (χ3n) is 4.67. The first-order valence-electron chi connectivity index (χ1n) is 9.27. The Kier molecular flexibility index (Phi) is 6.72. The van der Waals surface area contributed by atoms with E-state index in [1.165, 1.54) is 25.8 Å². The molecule has 2 fully saturated rings. The largest absolute Gasteiger partial charge is 0.444 e. The smallest absolute Gasteiger partial charge is 0.410 e. The van der Waals surface area contributed by atoms with Gasteiger partial charge in [0.05, 0.1) is 0 Å². The quantitative estimate of drug-likeness (QED) is 0.731.